The number of likely N-dealkylation sites (N-methyl/N-ethyl adjacent to an activating group) is 1. The highest BCUT2D eigenvalue weighted by Gasteiger charge is 2.10. The Morgan fingerprint density at radius 3 is 2.55 bits per heavy atom. The first-order valence-electron chi connectivity index (χ1n) is 6.31. The van der Waals surface area contributed by atoms with Gasteiger partial charge in [0.15, 0.2) is 0 Å². The summed E-state index contributed by atoms with van der Waals surface area (Å²) in [6.07, 6.45) is 0.291. The van der Waals surface area contributed by atoms with Crippen LogP contribution in [-0.4, -0.2) is 23.0 Å². The molecule has 0 radical (unpaired) electrons. The Hall–Kier alpha value is -1.81. The Bertz CT molecular complexity index is 613. The van der Waals surface area contributed by atoms with Crippen molar-refractivity contribution in [2.24, 2.45) is 0 Å². The minimum atomic E-state index is 0.0237. The maximum absolute atomic E-state index is 12.1. The molecule has 4 heteroatoms. The van der Waals surface area contributed by atoms with E-state index in [1.807, 2.05) is 30.3 Å². The van der Waals surface area contributed by atoms with Crippen LogP contribution in [0.5, 0.6) is 5.75 Å². The zero-order chi connectivity index (χ0) is 14.5. The SMILES string of the molecule is CN(Cc1cccc(Br)c1)C(=O)Cc1cccc(O)c1. The minimum absolute atomic E-state index is 0.0237. The average Bonchev–Trinajstić information content (AvgIpc) is 2.38. The molecule has 20 heavy (non-hydrogen) atoms. The van der Waals surface area contributed by atoms with Crippen LogP contribution in [-0.2, 0) is 17.8 Å². The molecule has 0 heterocycles. The standard InChI is InChI=1S/C16H16BrNO2/c1-18(11-13-5-2-6-14(17)8-13)16(20)10-12-4-3-7-15(19)9-12/h2-9,19H,10-11H2,1H3. The highest BCUT2D eigenvalue weighted by atomic mass is 79.9. The number of nitrogens with zero attached hydrogens (tertiary/aromatic N) is 1. The molecule has 1 N–H and O–H groups in total. The zero-order valence-electron chi connectivity index (χ0n) is 11.2. The van der Waals surface area contributed by atoms with E-state index in [2.05, 4.69) is 15.9 Å². The second kappa shape index (κ2) is 6.57. The summed E-state index contributed by atoms with van der Waals surface area (Å²) in [4.78, 5) is 13.8. The molecular weight excluding hydrogens is 318 g/mol. The number of benzene rings is 2. The van der Waals surface area contributed by atoms with Crippen molar-refractivity contribution >= 4 is 21.8 Å². The van der Waals surface area contributed by atoms with Crippen molar-refractivity contribution in [1.82, 2.24) is 4.90 Å². The van der Waals surface area contributed by atoms with E-state index in [0.717, 1.165) is 15.6 Å². The van der Waals surface area contributed by atoms with Crippen molar-refractivity contribution in [3.8, 4) is 5.75 Å². The summed E-state index contributed by atoms with van der Waals surface area (Å²) >= 11 is 3.42. The summed E-state index contributed by atoms with van der Waals surface area (Å²) in [5.41, 5.74) is 1.89. The molecule has 2 aromatic carbocycles. The first-order chi connectivity index (χ1) is 9.54. The lowest BCUT2D eigenvalue weighted by Gasteiger charge is -2.17. The van der Waals surface area contributed by atoms with Gasteiger partial charge in [0.25, 0.3) is 0 Å². The van der Waals surface area contributed by atoms with Crippen molar-refractivity contribution < 1.29 is 9.90 Å². The topological polar surface area (TPSA) is 40.5 Å². The summed E-state index contributed by atoms with van der Waals surface area (Å²) in [6, 6.07) is 14.7. The van der Waals surface area contributed by atoms with Gasteiger partial charge in [-0.2, -0.15) is 0 Å². The third-order valence-corrected chi connectivity index (χ3v) is 3.49. The second-order valence-electron chi connectivity index (χ2n) is 4.73. The first-order valence-corrected chi connectivity index (χ1v) is 7.10. The number of carbonyl (C=O) groups excluding carboxylic acids is 1. The van der Waals surface area contributed by atoms with E-state index in [1.165, 1.54) is 0 Å². The van der Waals surface area contributed by atoms with Gasteiger partial charge in [0.2, 0.25) is 5.91 Å². The van der Waals surface area contributed by atoms with Crippen LogP contribution in [0.3, 0.4) is 0 Å². The van der Waals surface area contributed by atoms with E-state index in [9.17, 15) is 9.90 Å². The third kappa shape index (κ3) is 4.10. The van der Waals surface area contributed by atoms with E-state index >= 15 is 0 Å². The van der Waals surface area contributed by atoms with Gasteiger partial charge < -0.3 is 10.0 Å². The summed E-state index contributed by atoms with van der Waals surface area (Å²) in [7, 11) is 1.78. The molecule has 0 bridgehead atoms. The molecule has 2 rings (SSSR count). The van der Waals surface area contributed by atoms with Crippen molar-refractivity contribution in [1.29, 1.82) is 0 Å². The molecule has 0 fully saturated rings. The Balaban J connectivity index is 1.98. The predicted molar refractivity (Wildman–Crippen MR) is 82.4 cm³/mol. The van der Waals surface area contributed by atoms with Crippen molar-refractivity contribution in [2.75, 3.05) is 7.05 Å². The van der Waals surface area contributed by atoms with E-state index in [-0.39, 0.29) is 11.7 Å². The maximum Gasteiger partial charge on any atom is 0.227 e. The fourth-order valence-electron chi connectivity index (χ4n) is 1.97. The molecule has 1 amide bonds. The molecule has 0 atom stereocenters. The fraction of sp³-hybridized carbons (Fsp3) is 0.188. The van der Waals surface area contributed by atoms with Crippen LogP contribution in [0.2, 0.25) is 0 Å². The third-order valence-electron chi connectivity index (χ3n) is 3.00. The Kier molecular flexibility index (Phi) is 4.79. The van der Waals surface area contributed by atoms with E-state index in [1.54, 1.807) is 30.1 Å². The molecule has 0 aromatic heterocycles. The van der Waals surface area contributed by atoms with Crippen molar-refractivity contribution in [3.05, 3.63) is 64.1 Å². The lowest BCUT2D eigenvalue weighted by molar-refractivity contribution is -0.129. The van der Waals surface area contributed by atoms with Crippen molar-refractivity contribution in [2.45, 2.75) is 13.0 Å². The number of hydrogen-bond donors (Lipinski definition) is 1. The monoisotopic (exact) mass is 333 g/mol. The zero-order valence-corrected chi connectivity index (χ0v) is 12.8. The van der Waals surface area contributed by atoms with Crippen LogP contribution in [0.25, 0.3) is 0 Å². The predicted octanol–water partition coefficient (Wildman–Crippen LogP) is 3.36. The van der Waals surface area contributed by atoms with Crippen LogP contribution in [0, 0.1) is 0 Å². The average molecular weight is 334 g/mol. The van der Waals surface area contributed by atoms with Gasteiger partial charge >= 0.3 is 0 Å². The quantitative estimate of drug-likeness (QED) is 0.931. The van der Waals surface area contributed by atoms with Crippen LogP contribution in [0.4, 0.5) is 0 Å². The number of rotatable bonds is 4. The smallest absolute Gasteiger partial charge is 0.227 e. The second-order valence-corrected chi connectivity index (χ2v) is 5.64. The van der Waals surface area contributed by atoms with E-state index < -0.39 is 0 Å². The number of phenolic OH excluding ortho intramolecular Hbond substituents is 1. The van der Waals surface area contributed by atoms with Crippen LogP contribution >= 0.6 is 15.9 Å². The lowest BCUT2D eigenvalue weighted by atomic mass is 10.1. The van der Waals surface area contributed by atoms with E-state index in [4.69, 9.17) is 0 Å². The molecule has 0 aliphatic rings. The molecule has 2 aromatic rings. The van der Waals surface area contributed by atoms with Crippen molar-refractivity contribution in [3.63, 3.8) is 0 Å². The highest BCUT2D eigenvalue weighted by Crippen LogP contribution is 2.15. The van der Waals surface area contributed by atoms with Crippen LogP contribution in [0.1, 0.15) is 11.1 Å². The summed E-state index contributed by atoms with van der Waals surface area (Å²) in [5.74, 6) is 0.209. The lowest BCUT2D eigenvalue weighted by Crippen LogP contribution is -2.27. The van der Waals surface area contributed by atoms with Gasteiger partial charge in [-0.3, -0.25) is 4.79 Å². The normalized spacial score (nSPS) is 10.3. The molecule has 0 saturated heterocycles. The maximum atomic E-state index is 12.1. The number of aromatic hydroxyl groups is 1. The minimum Gasteiger partial charge on any atom is -0.508 e. The summed E-state index contributed by atoms with van der Waals surface area (Å²) in [5, 5.41) is 9.40. The largest absolute Gasteiger partial charge is 0.508 e. The number of phenols is 1. The molecule has 0 saturated carbocycles. The molecule has 0 spiro atoms. The van der Waals surface area contributed by atoms with Gasteiger partial charge in [-0.1, -0.05) is 40.2 Å². The Morgan fingerprint density at radius 2 is 1.85 bits per heavy atom. The van der Waals surface area contributed by atoms with Crippen LogP contribution < -0.4 is 0 Å². The Labute approximate surface area is 127 Å². The number of carbonyl (C=O) groups is 1. The van der Waals surface area contributed by atoms with Gasteiger partial charge in [-0.05, 0) is 35.4 Å². The van der Waals surface area contributed by atoms with Gasteiger partial charge in [-0.15, -0.1) is 0 Å². The molecule has 3 nitrogen and oxygen atoms in total. The van der Waals surface area contributed by atoms with Gasteiger partial charge in [0, 0.05) is 18.1 Å². The molecule has 0 aliphatic carbocycles. The Morgan fingerprint density at radius 1 is 1.15 bits per heavy atom. The number of hydrogen-bond acceptors (Lipinski definition) is 2. The fourth-order valence-corrected chi connectivity index (χ4v) is 2.42. The summed E-state index contributed by atoms with van der Waals surface area (Å²) < 4.78 is 1.00. The van der Waals surface area contributed by atoms with Crippen LogP contribution in [0.15, 0.2) is 53.0 Å². The van der Waals surface area contributed by atoms with Gasteiger partial charge in [0.05, 0.1) is 6.42 Å². The first kappa shape index (κ1) is 14.6. The van der Waals surface area contributed by atoms with Gasteiger partial charge in [0.1, 0.15) is 5.75 Å². The number of amides is 1. The number of halogens is 1. The highest BCUT2D eigenvalue weighted by molar-refractivity contribution is 9.10. The molecular formula is C16H16BrNO2. The molecule has 0 aliphatic heterocycles. The van der Waals surface area contributed by atoms with Gasteiger partial charge in [-0.25, -0.2) is 0 Å². The van der Waals surface area contributed by atoms with E-state index in [0.29, 0.717) is 13.0 Å². The molecule has 104 valence electrons. The summed E-state index contributed by atoms with van der Waals surface area (Å²) in [6.45, 7) is 0.567. The molecule has 0 unspecified atom stereocenters.